The predicted molar refractivity (Wildman–Crippen MR) is 76.6 cm³/mol. The first-order valence-electron chi connectivity index (χ1n) is 6.73. The van der Waals surface area contributed by atoms with Crippen LogP contribution < -0.4 is 0 Å². The number of aliphatic hydroxyl groups is 1. The summed E-state index contributed by atoms with van der Waals surface area (Å²) >= 11 is 3.64. The third kappa shape index (κ3) is 2.14. The third-order valence-electron chi connectivity index (χ3n) is 4.61. The number of aryl methyl sites for hydroxylation is 2. The molecule has 18 heavy (non-hydrogen) atoms. The van der Waals surface area contributed by atoms with Gasteiger partial charge in [0.25, 0.3) is 0 Å². The lowest BCUT2D eigenvalue weighted by molar-refractivity contribution is -0.0434. The fourth-order valence-corrected chi connectivity index (χ4v) is 3.77. The minimum Gasteiger partial charge on any atom is -0.389 e. The van der Waals surface area contributed by atoms with Crippen LogP contribution in [0.4, 0.5) is 0 Å². The highest BCUT2D eigenvalue weighted by molar-refractivity contribution is 9.10. The molecule has 102 valence electrons. The van der Waals surface area contributed by atoms with Gasteiger partial charge in [-0.2, -0.15) is 5.10 Å². The van der Waals surface area contributed by atoms with Crippen molar-refractivity contribution >= 4 is 15.9 Å². The average molecular weight is 315 g/mol. The molecule has 1 N–H and O–H groups in total. The Morgan fingerprint density at radius 1 is 1.39 bits per heavy atom. The minimum atomic E-state index is -0.603. The summed E-state index contributed by atoms with van der Waals surface area (Å²) in [5.41, 5.74) is 1.58. The van der Waals surface area contributed by atoms with Crippen molar-refractivity contribution in [2.24, 2.45) is 12.5 Å². The number of hydrogen-bond donors (Lipinski definition) is 1. The zero-order chi connectivity index (χ0) is 13.6. The van der Waals surface area contributed by atoms with Crippen LogP contribution in [0.15, 0.2) is 4.47 Å². The van der Waals surface area contributed by atoms with Crippen molar-refractivity contribution in [1.29, 1.82) is 0 Å². The lowest BCUT2D eigenvalue weighted by Crippen LogP contribution is -2.42. The maximum absolute atomic E-state index is 10.9. The zero-order valence-corrected chi connectivity index (χ0v) is 13.3. The number of hydrogen-bond acceptors (Lipinski definition) is 2. The van der Waals surface area contributed by atoms with E-state index < -0.39 is 5.60 Å². The van der Waals surface area contributed by atoms with Crippen LogP contribution in [0.5, 0.6) is 0 Å². The molecule has 4 heteroatoms. The van der Waals surface area contributed by atoms with Crippen molar-refractivity contribution in [2.45, 2.75) is 58.5 Å². The Bertz CT molecular complexity index is 453. The number of aromatic nitrogens is 2. The van der Waals surface area contributed by atoms with E-state index in [1.165, 1.54) is 0 Å². The Morgan fingerprint density at radius 3 is 2.50 bits per heavy atom. The molecular formula is C14H23BrN2O. The van der Waals surface area contributed by atoms with Gasteiger partial charge in [-0.1, -0.05) is 20.8 Å². The van der Waals surface area contributed by atoms with Crippen LogP contribution in [0.25, 0.3) is 0 Å². The van der Waals surface area contributed by atoms with Gasteiger partial charge in [0.15, 0.2) is 0 Å². The van der Waals surface area contributed by atoms with E-state index in [0.717, 1.165) is 41.5 Å². The van der Waals surface area contributed by atoms with E-state index in [2.05, 4.69) is 41.8 Å². The molecule has 0 radical (unpaired) electrons. The Hall–Kier alpha value is -0.350. The topological polar surface area (TPSA) is 38.0 Å². The van der Waals surface area contributed by atoms with E-state index in [-0.39, 0.29) is 5.41 Å². The van der Waals surface area contributed by atoms with Crippen LogP contribution in [0, 0.1) is 5.41 Å². The van der Waals surface area contributed by atoms with E-state index in [0.29, 0.717) is 6.42 Å². The van der Waals surface area contributed by atoms with Gasteiger partial charge in [0.05, 0.1) is 21.5 Å². The summed E-state index contributed by atoms with van der Waals surface area (Å²) in [6, 6.07) is 0. The molecule has 0 saturated heterocycles. The summed E-state index contributed by atoms with van der Waals surface area (Å²) in [6.07, 6.45) is 4.69. The van der Waals surface area contributed by atoms with E-state index in [4.69, 9.17) is 0 Å². The van der Waals surface area contributed by atoms with E-state index in [1.54, 1.807) is 0 Å². The largest absolute Gasteiger partial charge is 0.389 e. The fraction of sp³-hybridized carbons (Fsp3) is 0.786. The Labute approximate surface area is 118 Å². The van der Waals surface area contributed by atoms with Gasteiger partial charge in [0, 0.05) is 13.5 Å². The van der Waals surface area contributed by atoms with Crippen LogP contribution in [0.2, 0.25) is 0 Å². The SMILES string of the molecule is CCc1nn(C)c(CC2(O)CCCC2(C)C)c1Br. The highest BCUT2D eigenvalue weighted by atomic mass is 79.9. The van der Waals surface area contributed by atoms with Gasteiger partial charge in [-0.15, -0.1) is 0 Å². The predicted octanol–water partition coefficient (Wildman–Crippen LogP) is 3.23. The van der Waals surface area contributed by atoms with E-state index >= 15 is 0 Å². The molecule has 1 saturated carbocycles. The molecule has 1 aromatic rings. The second kappa shape index (κ2) is 4.64. The third-order valence-corrected chi connectivity index (χ3v) is 5.53. The first kappa shape index (κ1) is 14.1. The monoisotopic (exact) mass is 314 g/mol. The smallest absolute Gasteiger partial charge is 0.0766 e. The van der Waals surface area contributed by atoms with Crippen LogP contribution in [0.3, 0.4) is 0 Å². The molecule has 1 aromatic heterocycles. The van der Waals surface area contributed by atoms with Crippen molar-refractivity contribution in [1.82, 2.24) is 9.78 Å². The molecule has 0 aliphatic heterocycles. The number of rotatable bonds is 3. The molecule has 2 rings (SSSR count). The molecule has 1 atom stereocenters. The zero-order valence-electron chi connectivity index (χ0n) is 11.8. The average Bonchev–Trinajstić information content (AvgIpc) is 2.70. The standard InChI is InChI=1S/C14H23BrN2O/c1-5-10-12(15)11(17(4)16-10)9-14(18)8-6-7-13(14,2)3/h18H,5-9H2,1-4H3. The maximum atomic E-state index is 10.9. The van der Waals surface area contributed by atoms with Gasteiger partial charge in [0.1, 0.15) is 0 Å². The molecule has 1 heterocycles. The maximum Gasteiger partial charge on any atom is 0.0766 e. The Balaban J connectivity index is 2.32. The van der Waals surface area contributed by atoms with Crippen LogP contribution in [0.1, 0.15) is 51.4 Å². The molecule has 1 aliphatic rings. The van der Waals surface area contributed by atoms with Crippen LogP contribution >= 0.6 is 15.9 Å². The van der Waals surface area contributed by atoms with Gasteiger partial charge in [-0.3, -0.25) is 4.68 Å². The van der Waals surface area contributed by atoms with Gasteiger partial charge >= 0.3 is 0 Å². The number of halogens is 1. The van der Waals surface area contributed by atoms with Crippen LogP contribution in [-0.2, 0) is 19.9 Å². The van der Waals surface area contributed by atoms with Crippen LogP contribution in [-0.4, -0.2) is 20.5 Å². The molecule has 0 bridgehead atoms. The Kier molecular flexibility index (Phi) is 3.63. The van der Waals surface area contributed by atoms with Gasteiger partial charge in [0.2, 0.25) is 0 Å². The van der Waals surface area contributed by atoms with Gasteiger partial charge in [-0.05, 0) is 47.0 Å². The molecule has 1 aliphatic carbocycles. The summed E-state index contributed by atoms with van der Waals surface area (Å²) < 4.78 is 2.98. The summed E-state index contributed by atoms with van der Waals surface area (Å²) in [4.78, 5) is 0. The minimum absolute atomic E-state index is 0.0108. The summed E-state index contributed by atoms with van der Waals surface area (Å²) in [7, 11) is 1.96. The summed E-state index contributed by atoms with van der Waals surface area (Å²) in [5, 5.41) is 15.4. The van der Waals surface area contributed by atoms with Gasteiger partial charge in [-0.25, -0.2) is 0 Å². The molecule has 0 spiro atoms. The first-order valence-corrected chi connectivity index (χ1v) is 7.52. The lowest BCUT2D eigenvalue weighted by atomic mass is 9.75. The lowest BCUT2D eigenvalue weighted by Gasteiger charge is -2.37. The van der Waals surface area contributed by atoms with Crippen molar-refractivity contribution < 1.29 is 5.11 Å². The normalized spacial score (nSPS) is 26.8. The number of nitrogens with zero attached hydrogens (tertiary/aromatic N) is 2. The quantitative estimate of drug-likeness (QED) is 0.930. The summed E-state index contributed by atoms with van der Waals surface area (Å²) in [6.45, 7) is 6.45. The molecule has 1 unspecified atom stereocenters. The molecule has 3 nitrogen and oxygen atoms in total. The second-order valence-corrected chi connectivity index (χ2v) is 6.92. The fourth-order valence-electron chi connectivity index (χ4n) is 3.01. The Morgan fingerprint density at radius 2 is 2.06 bits per heavy atom. The first-order chi connectivity index (χ1) is 8.31. The highest BCUT2D eigenvalue weighted by Gasteiger charge is 2.48. The molecule has 0 amide bonds. The van der Waals surface area contributed by atoms with Crippen molar-refractivity contribution in [3.05, 3.63) is 15.9 Å². The van der Waals surface area contributed by atoms with E-state index in [1.807, 2.05) is 11.7 Å². The molecule has 1 fully saturated rings. The van der Waals surface area contributed by atoms with Gasteiger partial charge < -0.3 is 5.11 Å². The highest BCUT2D eigenvalue weighted by Crippen LogP contribution is 2.48. The van der Waals surface area contributed by atoms with Crippen molar-refractivity contribution in [3.63, 3.8) is 0 Å². The second-order valence-electron chi connectivity index (χ2n) is 6.13. The molecular weight excluding hydrogens is 292 g/mol. The van der Waals surface area contributed by atoms with Crippen molar-refractivity contribution in [2.75, 3.05) is 0 Å². The molecule has 0 aromatic carbocycles. The van der Waals surface area contributed by atoms with Crippen molar-refractivity contribution in [3.8, 4) is 0 Å². The van der Waals surface area contributed by atoms with E-state index in [9.17, 15) is 5.11 Å². The summed E-state index contributed by atoms with van der Waals surface area (Å²) in [5.74, 6) is 0.